The third-order valence-electron chi connectivity index (χ3n) is 3.56. The molecule has 1 aliphatic rings. The van der Waals surface area contributed by atoms with Crippen molar-refractivity contribution in [2.75, 3.05) is 11.9 Å². The molecule has 2 N–H and O–H groups in total. The van der Waals surface area contributed by atoms with Crippen LogP contribution in [0, 0.1) is 0 Å². The summed E-state index contributed by atoms with van der Waals surface area (Å²) in [5.41, 5.74) is 3.08. The second-order valence-corrected chi connectivity index (χ2v) is 6.72. The summed E-state index contributed by atoms with van der Waals surface area (Å²) in [7, 11) is 0. The molecule has 1 unspecified atom stereocenters. The quantitative estimate of drug-likeness (QED) is 0.785. The highest BCUT2D eigenvalue weighted by atomic mass is 79.9. The summed E-state index contributed by atoms with van der Waals surface area (Å²) in [4.78, 5) is 12.6. The number of halogens is 2. The summed E-state index contributed by atoms with van der Waals surface area (Å²) >= 11 is 6.87. The van der Waals surface area contributed by atoms with E-state index < -0.39 is 0 Å². The number of carbonyl (C=O) groups excluding carboxylic acids is 1. The zero-order valence-corrected chi connectivity index (χ0v) is 14.4. The van der Waals surface area contributed by atoms with Crippen molar-refractivity contribution in [2.24, 2.45) is 0 Å². The van der Waals surface area contributed by atoms with Gasteiger partial charge in [-0.2, -0.15) is 0 Å². The Morgan fingerprint density at radius 1 is 1.19 bits per heavy atom. The summed E-state index contributed by atoms with van der Waals surface area (Å²) in [6.45, 7) is 0.816. The Labute approximate surface area is 140 Å². The van der Waals surface area contributed by atoms with Crippen molar-refractivity contribution in [3.05, 3.63) is 62.5 Å². The van der Waals surface area contributed by atoms with E-state index in [-0.39, 0.29) is 11.9 Å². The van der Waals surface area contributed by atoms with Crippen LogP contribution in [0.5, 0.6) is 0 Å². The largest absolute Gasteiger partial charge is 0.323 e. The summed E-state index contributed by atoms with van der Waals surface area (Å²) < 4.78 is 1.82. The van der Waals surface area contributed by atoms with E-state index in [0.717, 1.165) is 33.2 Å². The summed E-state index contributed by atoms with van der Waals surface area (Å²) in [6.07, 6.45) is 0.960. The van der Waals surface area contributed by atoms with E-state index in [4.69, 9.17) is 0 Å². The second kappa shape index (κ2) is 6.30. The molecule has 0 bridgehead atoms. The van der Waals surface area contributed by atoms with E-state index >= 15 is 0 Å². The highest BCUT2D eigenvalue weighted by Gasteiger charge is 2.26. The smallest absolute Gasteiger partial charge is 0.246 e. The van der Waals surface area contributed by atoms with Crippen LogP contribution in [0.2, 0.25) is 0 Å². The van der Waals surface area contributed by atoms with E-state index in [1.807, 2.05) is 36.4 Å². The van der Waals surface area contributed by atoms with E-state index in [9.17, 15) is 4.79 Å². The van der Waals surface area contributed by atoms with E-state index in [1.54, 1.807) is 0 Å². The van der Waals surface area contributed by atoms with Gasteiger partial charge in [0.05, 0.1) is 5.69 Å². The molecule has 0 radical (unpaired) electrons. The van der Waals surface area contributed by atoms with Gasteiger partial charge in [-0.3, -0.25) is 4.79 Å². The number of nitrogens with one attached hydrogen (secondary N) is 2. The number of hydrogen-bond acceptors (Lipinski definition) is 2. The van der Waals surface area contributed by atoms with Crippen LogP contribution in [0.4, 0.5) is 5.69 Å². The lowest BCUT2D eigenvalue weighted by molar-refractivity contribution is -0.118. The Hall–Kier alpha value is -1.17. The van der Waals surface area contributed by atoms with Gasteiger partial charge in [0.2, 0.25) is 5.91 Å². The van der Waals surface area contributed by atoms with Gasteiger partial charge in [0.1, 0.15) is 6.04 Å². The molecule has 0 saturated carbocycles. The fourth-order valence-corrected chi connectivity index (χ4v) is 3.68. The zero-order chi connectivity index (χ0) is 14.8. The lowest BCUT2D eigenvalue weighted by atomic mass is 9.94. The molecule has 3 nitrogen and oxygen atoms in total. The van der Waals surface area contributed by atoms with Crippen LogP contribution >= 0.6 is 31.9 Å². The molecular formula is C16H14Br2N2O. The summed E-state index contributed by atoms with van der Waals surface area (Å²) in [6, 6.07) is 13.5. The highest BCUT2D eigenvalue weighted by molar-refractivity contribution is 9.11. The van der Waals surface area contributed by atoms with Gasteiger partial charge in [0, 0.05) is 15.5 Å². The predicted octanol–water partition coefficient (Wildman–Crippen LogP) is 4.04. The topological polar surface area (TPSA) is 41.1 Å². The maximum atomic E-state index is 12.6. The molecule has 108 valence electrons. The lowest BCUT2D eigenvalue weighted by Gasteiger charge is -2.26. The third-order valence-corrected chi connectivity index (χ3v) is 4.71. The second-order valence-electron chi connectivity index (χ2n) is 4.95. The summed E-state index contributed by atoms with van der Waals surface area (Å²) in [5, 5.41) is 6.27. The van der Waals surface area contributed by atoms with Crippen LogP contribution < -0.4 is 10.6 Å². The van der Waals surface area contributed by atoms with Crippen LogP contribution in [0.15, 0.2) is 51.4 Å². The van der Waals surface area contributed by atoms with E-state index in [0.29, 0.717) is 0 Å². The van der Waals surface area contributed by atoms with Crippen molar-refractivity contribution in [2.45, 2.75) is 12.5 Å². The fraction of sp³-hybridized carbons (Fsp3) is 0.188. The van der Waals surface area contributed by atoms with Crippen LogP contribution in [-0.2, 0) is 11.2 Å². The Kier molecular flexibility index (Phi) is 4.42. The molecule has 1 amide bonds. The normalized spacial score (nSPS) is 17.1. The Balaban J connectivity index is 1.83. The van der Waals surface area contributed by atoms with Gasteiger partial charge in [-0.15, -0.1) is 0 Å². The number of hydrogen-bond donors (Lipinski definition) is 2. The van der Waals surface area contributed by atoms with Gasteiger partial charge in [-0.05, 0) is 51.7 Å². The molecule has 0 saturated heterocycles. The third kappa shape index (κ3) is 3.20. The molecule has 5 heteroatoms. The van der Waals surface area contributed by atoms with Crippen LogP contribution in [0.25, 0.3) is 0 Å². The monoisotopic (exact) mass is 408 g/mol. The minimum absolute atomic E-state index is 0.0369. The van der Waals surface area contributed by atoms with Gasteiger partial charge in [0.15, 0.2) is 0 Å². The average molecular weight is 410 g/mol. The molecular weight excluding hydrogens is 396 g/mol. The molecule has 1 aliphatic heterocycles. The number of carbonyl (C=O) groups is 1. The van der Waals surface area contributed by atoms with Crippen LogP contribution in [-0.4, -0.2) is 12.5 Å². The molecule has 3 rings (SSSR count). The standard InChI is InChI=1S/C16H14Br2N2O/c17-11-5-6-14(13(18)9-11)20-16(21)15-12-4-2-1-3-10(12)7-8-19-15/h1-6,9,15,19H,7-8H2,(H,20,21). The Morgan fingerprint density at radius 2 is 2.00 bits per heavy atom. The van der Waals surface area contributed by atoms with Gasteiger partial charge >= 0.3 is 0 Å². The number of benzene rings is 2. The first-order valence-electron chi connectivity index (χ1n) is 6.72. The van der Waals surface area contributed by atoms with Crippen molar-refractivity contribution < 1.29 is 4.79 Å². The number of amides is 1. The van der Waals surface area contributed by atoms with Crippen molar-refractivity contribution in [3.63, 3.8) is 0 Å². The van der Waals surface area contributed by atoms with Crippen LogP contribution in [0.3, 0.4) is 0 Å². The fourth-order valence-electron chi connectivity index (χ4n) is 2.53. The van der Waals surface area contributed by atoms with Crippen molar-refractivity contribution in [1.29, 1.82) is 0 Å². The first kappa shape index (κ1) is 14.8. The lowest BCUT2D eigenvalue weighted by Crippen LogP contribution is -2.38. The number of rotatable bonds is 2. The van der Waals surface area contributed by atoms with Gasteiger partial charge in [-0.1, -0.05) is 40.2 Å². The van der Waals surface area contributed by atoms with Gasteiger partial charge < -0.3 is 10.6 Å². The van der Waals surface area contributed by atoms with Crippen LogP contribution in [0.1, 0.15) is 17.2 Å². The molecule has 1 atom stereocenters. The molecule has 0 fully saturated rings. The highest BCUT2D eigenvalue weighted by Crippen LogP contribution is 2.28. The molecule has 0 aromatic heterocycles. The summed E-state index contributed by atoms with van der Waals surface area (Å²) in [5.74, 6) is -0.0369. The Morgan fingerprint density at radius 3 is 2.81 bits per heavy atom. The van der Waals surface area contributed by atoms with Gasteiger partial charge in [-0.25, -0.2) is 0 Å². The maximum Gasteiger partial charge on any atom is 0.246 e. The van der Waals surface area contributed by atoms with Crippen molar-refractivity contribution >= 4 is 43.5 Å². The number of anilines is 1. The molecule has 1 heterocycles. The first-order valence-corrected chi connectivity index (χ1v) is 8.31. The molecule has 0 aliphatic carbocycles. The minimum atomic E-state index is -0.300. The molecule has 0 spiro atoms. The van der Waals surface area contributed by atoms with Crippen molar-refractivity contribution in [1.82, 2.24) is 5.32 Å². The maximum absolute atomic E-state index is 12.6. The number of fused-ring (bicyclic) bond motifs is 1. The Bertz CT molecular complexity index is 688. The van der Waals surface area contributed by atoms with Crippen molar-refractivity contribution in [3.8, 4) is 0 Å². The molecule has 2 aromatic rings. The molecule has 2 aromatic carbocycles. The predicted molar refractivity (Wildman–Crippen MR) is 91.4 cm³/mol. The van der Waals surface area contributed by atoms with E-state index in [1.165, 1.54) is 5.56 Å². The van der Waals surface area contributed by atoms with Gasteiger partial charge in [0.25, 0.3) is 0 Å². The minimum Gasteiger partial charge on any atom is -0.323 e. The van der Waals surface area contributed by atoms with E-state index in [2.05, 4.69) is 48.6 Å². The SMILES string of the molecule is O=C(Nc1ccc(Br)cc1Br)C1NCCc2ccccc21. The first-order chi connectivity index (χ1) is 10.1. The molecule has 21 heavy (non-hydrogen) atoms. The average Bonchev–Trinajstić information content (AvgIpc) is 2.49. The zero-order valence-electron chi connectivity index (χ0n) is 11.2.